The molecule has 4 heteroatoms. The van der Waals surface area contributed by atoms with Gasteiger partial charge in [0.1, 0.15) is 5.82 Å². The Labute approximate surface area is 123 Å². The Morgan fingerprint density at radius 1 is 1.10 bits per heavy atom. The van der Waals surface area contributed by atoms with Crippen LogP contribution in [0.4, 0.5) is 0 Å². The Morgan fingerprint density at radius 3 is 2.30 bits per heavy atom. The molecule has 1 aliphatic heterocycles. The van der Waals surface area contributed by atoms with Gasteiger partial charge in [-0.05, 0) is 52.8 Å². The molecular weight excluding hydrogens is 248 g/mol. The van der Waals surface area contributed by atoms with Crippen LogP contribution in [0.15, 0.2) is 6.07 Å². The molecular formula is C16H28N4. The summed E-state index contributed by atoms with van der Waals surface area (Å²) in [4.78, 5) is 11.6. The molecule has 1 aliphatic rings. The molecule has 0 amide bonds. The summed E-state index contributed by atoms with van der Waals surface area (Å²) in [6, 6.07) is 2.50. The van der Waals surface area contributed by atoms with Crippen LogP contribution >= 0.6 is 0 Å². The molecule has 0 unspecified atom stereocenters. The first kappa shape index (κ1) is 15.4. The van der Waals surface area contributed by atoms with Crippen molar-refractivity contribution in [3.63, 3.8) is 0 Å². The van der Waals surface area contributed by atoms with Gasteiger partial charge in [0, 0.05) is 24.0 Å². The van der Waals surface area contributed by atoms with Crippen molar-refractivity contribution in [3.05, 3.63) is 23.3 Å². The summed E-state index contributed by atoms with van der Waals surface area (Å²) in [5, 5.41) is 3.55. The van der Waals surface area contributed by atoms with Crippen LogP contribution in [-0.2, 0) is 6.54 Å². The molecule has 0 aliphatic carbocycles. The number of rotatable bonds is 5. The number of likely N-dealkylation sites (tertiary alicyclic amines) is 1. The van der Waals surface area contributed by atoms with E-state index in [-0.39, 0.29) is 0 Å². The summed E-state index contributed by atoms with van der Waals surface area (Å²) in [6.45, 7) is 10.7. The Kier molecular flexibility index (Phi) is 5.92. The SMILES string of the molecule is Cc1cc(C)nc(CN[C@@H](C)CN2CCCCCC2)n1. The third-order valence-electron chi connectivity index (χ3n) is 3.87. The van der Waals surface area contributed by atoms with E-state index in [4.69, 9.17) is 0 Å². The van der Waals surface area contributed by atoms with Crippen LogP contribution in [0.5, 0.6) is 0 Å². The number of aryl methyl sites for hydroxylation is 2. The van der Waals surface area contributed by atoms with Gasteiger partial charge in [0.25, 0.3) is 0 Å². The Balaban J connectivity index is 1.77. The second-order valence-corrected chi connectivity index (χ2v) is 6.06. The zero-order chi connectivity index (χ0) is 14.4. The highest BCUT2D eigenvalue weighted by molar-refractivity contribution is 5.08. The third kappa shape index (κ3) is 5.17. The number of nitrogens with one attached hydrogen (secondary N) is 1. The van der Waals surface area contributed by atoms with Crippen molar-refractivity contribution >= 4 is 0 Å². The molecule has 1 atom stereocenters. The molecule has 1 fully saturated rings. The first-order valence-corrected chi connectivity index (χ1v) is 7.90. The largest absolute Gasteiger partial charge is 0.306 e. The maximum atomic E-state index is 4.48. The fraction of sp³-hybridized carbons (Fsp3) is 0.750. The molecule has 0 radical (unpaired) electrons. The fourth-order valence-electron chi connectivity index (χ4n) is 2.91. The highest BCUT2D eigenvalue weighted by Crippen LogP contribution is 2.10. The van der Waals surface area contributed by atoms with Crippen LogP contribution in [-0.4, -0.2) is 40.5 Å². The lowest BCUT2D eigenvalue weighted by Gasteiger charge is -2.24. The van der Waals surface area contributed by atoms with E-state index in [1.165, 1.54) is 38.8 Å². The van der Waals surface area contributed by atoms with Gasteiger partial charge < -0.3 is 10.2 Å². The van der Waals surface area contributed by atoms with E-state index in [2.05, 4.69) is 27.1 Å². The lowest BCUT2D eigenvalue weighted by atomic mass is 10.2. The average Bonchev–Trinajstić information content (AvgIpc) is 2.64. The van der Waals surface area contributed by atoms with Gasteiger partial charge in [0.15, 0.2) is 0 Å². The number of hydrogen-bond donors (Lipinski definition) is 1. The second-order valence-electron chi connectivity index (χ2n) is 6.06. The quantitative estimate of drug-likeness (QED) is 0.897. The van der Waals surface area contributed by atoms with E-state index in [1.54, 1.807) is 0 Å². The predicted octanol–water partition coefficient (Wildman–Crippen LogP) is 2.45. The van der Waals surface area contributed by atoms with Gasteiger partial charge in [0.05, 0.1) is 6.54 Å². The molecule has 2 heterocycles. The van der Waals surface area contributed by atoms with Gasteiger partial charge in [0.2, 0.25) is 0 Å². The molecule has 20 heavy (non-hydrogen) atoms. The number of nitrogens with zero attached hydrogens (tertiary/aromatic N) is 3. The standard InChI is InChI=1S/C16H28N4/c1-13-10-14(2)19-16(18-13)11-17-15(3)12-20-8-6-4-5-7-9-20/h10,15,17H,4-9,11-12H2,1-3H3/t15-/m0/s1. The molecule has 0 spiro atoms. The molecule has 1 aromatic heterocycles. The van der Waals surface area contributed by atoms with Gasteiger partial charge in [-0.1, -0.05) is 12.8 Å². The molecule has 4 nitrogen and oxygen atoms in total. The van der Waals surface area contributed by atoms with E-state index < -0.39 is 0 Å². The van der Waals surface area contributed by atoms with Crippen molar-refractivity contribution in [1.29, 1.82) is 0 Å². The monoisotopic (exact) mass is 276 g/mol. The van der Waals surface area contributed by atoms with Crippen molar-refractivity contribution in [2.75, 3.05) is 19.6 Å². The zero-order valence-electron chi connectivity index (χ0n) is 13.2. The van der Waals surface area contributed by atoms with E-state index in [0.29, 0.717) is 6.04 Å². The fourth-order valence-corrected chi connectivity index (χ4v) is 2.91. The van der Waals surface area contributed by atoms with E-state index >= 15 is 0 Å². The van der Waals surface area contributed by atoms with Gasteiger partial charge in [-0.2, -0.15) is 0 Å². The smallest absolute Gasteiger partial charge is 0.142 e. The van der Waals surface area contributed by atoms with Crippen LogP contribution in [0.2, 0.25) is 0 Å². The molecule has 0 aromatic carbocycles. The van der Waals surface area contributed by atoms with Crippen LogP contribution in [0, 0.1) is 13.8 Å². The number of aromatic nitrogens is 2. The van der Waals surface area contributed by atoms with Gasteiger partial charge in [-0.25, -0.2) is 9.97 Å². The molecule has 1 N–H and O–H groups in total. The van der Waals surface area contributed by atoms with Crippen LogP contribution in [0.1, 0.15) is 49.8 Å². The summed E-state index contributed by atoms with van der Waals surface area (Å²) in [5.74, 6) is 0.908. The van der Waals surface area contributed by atoms with Gasteiger partial charge in [-0.15, -0.1) is 0 Å². The van der Waals surface area contributed by atoms with E-state index in [1.807, 2.05) is 19.9 Å². The molecule has 0 bridgehead atoms. The maximum Gasteiger partial charge on any atom is 0.142 e. The minimum Gasteiger partial charge on any atom is -0.306 e. The second kappa shape index (κ2) is 7.70. The zero-order valence-corrected chi connectivity index (χ0v) is 13.2. The average molecular weight is 276 g/mol. The summed E-state index contributed by atoms with van der Waals surface area (Å²) >= 11 is 0. The highest BCUT2D eigenvalue weighted by Gasteiger charge is 2.12. The van der Waals surface area contributed by atoms with Crippen LogP contribution in [0.25, 0.3) is 0 Å². The number of hydrogen-bond acceptors (Lipinski definition) is 4. The van der Waals surface area contributed by atoms with E-state index in [0.717, 1.165) is 30.3 Å². The normalized spacial score (nSPS) is 18.8. The van der Waals surface area contributed by atoms with Crippen LogP contribution in [0.3, 0.4) is 0 Å². The first-order valence-electron chi connectivity index (χ1n) is 7.90. The van der Waals surface area contributed by atoms with Crippen molar-refractivity contribution in [2.24, 2.45) is 0 Å². The Morgan fingerprint density at radius 2 is 1.70 bits per heavy atom. The minimum atomic E-state index is 0.484. The molecule has 2 rings (SSSR count). The lowest BCUT2D eigenvalue weighted by Crippen LogP contribution is -2.39. The maximum absolute atomic E-state index is 4.48. The van der Waals surface area contributed by atoms with Crippen molar-refractivity contribution < 1.29 is 0 Å². The third-order valence-corrected chi connectivity index (χ3v) is 3.87. The van der Waals surface area contributed by atoms with Crippen molar-refractivity contribution in [3.8, 4) is 0 Å². The molecule has 112 valence electrons. The van der Waals surface area contributed by atoms with Crippen molar-refractivity contribution in [2.45, 2.75) is 59.0 Å². The first-order chi connectivity index (χ1) is 9.63. The summed E-state index contributed by atoms with van der Waals surface area (Å²) in [7, 11) is 0. The van der Waals surface area contributed by atoms with Gasteiger partial charge >= 0.3 is 0 Å². The predicted molar refractivity (Wildman–Crippen MR) is 82.7 cm³/mol. The van der Waals surface area contributed by atoms with Crippen molar-refractivity contribution in [1.82, 2.24) is 20.2 Å². The minimum absolute atomic E-state index is 0.484. The summed E-state index contributed by atoms with van der Waals surface area (Å²) in [5.41, 5.74) is 2.10. The van der Waals surface area contributed by atoms with E-state index in [9.17, 15) is 0 Å². The topological polar surface area (TPSA) is 41.1 Å². The highest BCUT2D eigenvalue weighted by atomic mass is 15.1. The van der Waals surface area contributed by atoms with Gasteiger partial charge in [-0.3, -0.25) is 0 Å². The van der Waals surface area contributed by atoms with Crippen LogP contribution < -0.4 is 5.32 Å². The summed E-state index contributed by atoms with van der Waals surface area (Å²) in [6.07, 6.45) is 5.50. The lowest BCUT2D eigenvalue weighted by molar-refractivity contribution is 0.255. The molecule has 1 saturated heterocycles. The molecule has 0 saturated carbocycles. The summed E-state index contributed by atoms with van der Waals surface area (Å²) < 4.78 is 0. The molecule has 1 aromatic rings. The Hall–Kier alpha value is -1.00. The Bertz CT molecular complexity index is 391.